The van der Waals surface area contributed by atoms with Crippen LogP contribution in [-0.2, 0) is 0 Å². The quantitative estimate of drug-likeness (QED) is 0.804. The molecule has 1 atom stereocenters. The Hall–Kier alpha value is -0.300. The first-order chi connectivity index (χ1) is 7.69. The molecule has 0 saturated heterocycles. The average Bonchev–Trinajstić information content (AvgIpc) is 2.26. The number of halogens is 2. The Morgan fingerprint density at radius 1 is 1.38 bits per heavy atom. The molecular formula is C13H15Br2N. The Morgan fingerprint density at radius 2 is 2.12 bits per heavy atom. The van der Waals surface area contributed by atoms with Gasteiger partial charge in [0.15, 0.2) is 0 Å². The molecular weight excluding hydrogens is 330 g/mol. The van der Waals surface area contributed by atoms with E-state index < -0.39 is 0 Å². The molecule has 1 unspecified atom stereocenters. The summed E-state index contributed by atoms with van der Waals surface area (Å²) in [5.74, 6) is 6.02. The maximum absolute atomic E-state index is 3.59. The molecule has 1 aromatic carbocycles. The molecule has 0 amide bonds. The largest absolute Gasteiger partial charge is 0.313 e. The standard InChI is InChI=1S/C13H15Br2N/c1-3-4-5-6-13(16-2)11-8-7-10(14)9-12(11)15/h7-9,13,16H,5-6H2,1-2H3. The summed E-state index contributed by atoms with van der Waals surface area (Å²) in [5.41, 5.74) is 1.28. The van der Waals surface area contributed by atoms with E-state index >= 15 is 0 Å². The van der Waals surface area contributed by atoms with Crippen LogP contribution >= 0.6 is 31.9 Å². The van der Waals surface area contributed by atoms with Crippen LogP contribution in [0.25, 0.3) is 0 Å². The molecule has 1 rings (SSSR count). The van der Waals surface area contributed by atoms with Crippen molar-refractivity contribution in [2.45, 2.75) is 25.8 Å². The van der Waals surface area contributed by atoms with Gasteiger partial charge in [-0.2, -0.15) is 0 Å². The van der Waals surface area contributed by atoms with Gasteiger partial charge < -0.3 is 5.32 Å². The fourth-order valence-electron chi connectivity index (χ4n) is 1.58. The fraction of sp³-hybridized carbons (Fsp3) is 0.385. The van der Waals surface area contributed by atoms with E-state index in [1.165, 1.54) is 5.56 Å². The Kier molecular flexibility index (Phi) is 6.12. The first-order valence-electron chi connectivity index (χ1n) is 5.21. The minimum Gasteiger partial charge on any atom is -0.313 e. The number of benzene rings is 1. The lowest BCUT2D eigenvalue weighted by Crippen LogP contribution is -2.16. The van der Waals surface area contributed by atoms with Crippen LogP contribution in [0.2, 0.25) is 0 Å². The third kappa shape index (κ3) is 3.93. The van der Waals surface area contributed by atoms with Gasteiger partial charge in [0, 0.05) is 21.4 Å². The van der Waals surface area contributed by atoms with Gasteiger partial charge in [0.05, 0.1) is 0 Å². The lowest BCUT2D eigenvalue weighted by atomic mass is 10.0. The smallest absolute Gasteiger partial charge is 0.0337 e. The average molecular weight is 345 g/mol. The second-order valence-corrected chi connectivity index (χ2v) is 5.24. The number of rotatable bonds is 4. The molecule has 86 valence electrons. The molecule has 0 spiro atoms. The monoisotopic (exact) mass is 343 g/mol. The van der Waals surface area contributed by atoms with E-state index in [2.05, 4.69) is 67.2 Å². The fourth-order valence-corrected chi connectivity index (χ4v) is 2.90. The van der Waals surface area contributed by atoms with Crippen molar-refractivity contribution in [3.63, 3.8) is 0 Å². The second-order valence-electron chi connectivity index (χ2n) is 3.47. The van der Waals surface area contributed by atoms with Gasteiger partial charge in [-0.05, 0) is 38.1 Å². The highest BCUT2D eigenvalue weighted by molar-refractivity contribution is 9.11. The Bertz CT molecular complexity index is 404. The lowest BCUT2D eigenvalue weighted by molar-refractivity contribution is 0.556. The maximum Gasteiger partial charge on any atom is 0.0337 e. The highest BCUT2D eigenvalue weighted by Gasteiger charge is 2.11. The van der Waals surface area contributed by atoms with Crippen molar-refractivity contribution in [3.05, 3.63) is 32.7 Å². The molecule has 0 aliphatic heterocycles. The number of hydrogen-bond acceptors (Lipinski definition) is 1. The van der Waals surface area contributed by atoms with E-state index in [9.17, 15) is 0 Å². The Morgan fingerprint density at radius 3 is 2.69 bits per heavy atom. The molecule has 0 aliphatic rings. The first-order valence-corrected chi connectivity index (χ1v) is 6.79. The molecule has 1 nitrogen and oxygen atoms in total. The van der Waals surface area contributed by atoms with Crippen molar-refractivity contribution in [2.24, 2.45) is 0 Å². The maximum atomic E-state index is 3.59. The summed E-state index contributed by atoms with van der Waals surface area (Å²) in [6.07, 6.45) is 1.95. The highest BCUT2D eigenvalue weighted by Crippen LogP contribution is 2.28. The van der Waals surface area contributed by atoms with Crippen molar-refractivity contribution < 1.29 is 0 Å². The van der Waals surface area contributed by atoms with Crippen LogP contribution < -0.4 is 5.32 Å². The normalized spacial score (nSPS) is 11.8. The van der Waals surface area contributed by atoms with E-state index in [-0.39, 0.29) is 0 Å². The van der Waals surface area contributed by atoms with Gasteiger partial charge in [-0.3, -0.25) is 0 Å². The van der Waals surface area contributed by atoms with Crippen LogP contribution in [0, 0.1) is 11.8 Å². The van der Waals surface area contributed by atoms with Gasteiger partial charge >= 0.3 is 0 Å². The zero-order valence-corrected chi connectivity index (χ0v) is 12.7. The third-order valence-electron chi connectivity index (χ3n) is 2.42. The van der Waals surface area contributed by atoms with E-state index in [0.29, 0.717) is 6.04 Å². The minimum absolute atomic E-state index is 0.350. The van der Waals surface area contributed by atoms with Gasteiger partial charge in [0.1, 0.15) is 0 Å². The topological polar surface area (TPSA) is 12.0 Å². The molecule has 3 heteroatoms. The van der Waals surface area contributed by atoms with Crippen LogP contribution in [0.5, 0.6) is 0 Å². The molecule has 1 aromatic rings. The van der Waals surface area contributed by atoms with E-state index in [0.717, 1.165) is 21.8 Å². The Balaban J connectivity index is 2.80. The van der Waals surface area contributed by atoms with Gasteiger partial charge in [0.25, 0.3) is 0 Å². The summed E-state index contributed by atoms with van der Waals surface area (Å²) in [5, 5.41) is 3.32. The summed E-state index contributed by atoms with van der Waals surface area (Å²) in [6, 6.07) is 6.62. The van der Waals surface area contributed by atoms with Crippen molar-refractivity contribution in [1.82, 2.24) is 5.32 Å². The summed E-state index contributed by atoms with van der Waals surface area (Å²) in [4.78, 5) is 0. The van der Waals surface area contributed by atoms with E-state index in [1.54, 1.807) is 0 Å². The number of nitrogens with one attached hydrogen (secondary N) is 1. The van der Waals surface area contributed by atoms with E-state index in [4.69, 9.17) is 0 Å². The van der Waals surface area contributed by atoms with E-state index in [1.807, 2.05) is 14.0 Å². The van der Waals surface area contributed by atoms with Crippen molar-refractivity contribution >= 4 is 31.9 Å². The first kappa shape index (κ1) is 13.8. The third-order valence-corrected chi connectivity index (χ3v) is 3.60. The zero-order chi connectivity index (χ0) is 12.0. The minimum atomic E-state index is 0.350. The molecule has 16 heavy (non-hydrogen) atoms. The van der Waals surface area contributed by atoms with Crippen LogP contribution in [0.4, 0.5) is 0 Å². The van der Waals surface area contributed by atoms with Crippen LogP contribution in [0.1, 0.15) is 31.4 Å². The Labute approximate surface area is 114 Å². The highest BCUT2D eigenvalue weighted by atomic mass is 79.9. The SMILES string of the molecule is CC#CCCC(NC)c1ccc(Br)cc1Br. The zero-order valence-electron chi connectivity index (χ0n) is 9.48. The predicted molar refractivity (Wildman–Crippen MR) is 76.3 cm³/mol. The molecule has 0 radical (unpaired) electrons. The summed E-state index contributed by atoms with van der Waals surface area (Å²) >= 11 is 7.05. The van der Waals surface area contributed by atoms with Gasteiger partial charge in [-0.1, -0.05) is 37.9 Å². The lowest BCUT2D eigenvalue weighted by Gasteiger charge is -2.17. The van der Waals surface area contributed by atoms with Gasteiger partial charge in [0.2, 0.25) is 0 Å². The molecule has 0 heterocycles. The van der Waals surface area contributed by atoms with Crippen LogP contribution in [0.15, 0.2) is 27.1 Å². The summed E-state index contributed by atoms with van der Waals surface area (Å²) in [6.45, 7) is 1.88. The van der Waals surface area contributed by atoms with Gasteiger partial charge in [-0.25, -0.2) is 0 Å². The second kappa shape index (κ2) is 7.11. The van der Waals surface area contributed by atoms with Gasteiger partial charge in [-0.15, -0.1) is 11.8 Å². The molecule has 0 aliphatic carbocycles. The van der Waals surface area contributed by atoms with Crippen molar-refractivity contribution in [1.29, 1.82) is 0 Å². The molecule has 0 saturated carbocycles. The predicted octanol–water partition coefficient (Wildman–Crippen LogP) is 4.28. The van der Waals surface area contributed by atoms with Crippen molar-refractivity contribution in [2.75, 3.05) is 7.05 Å². The molecule has 0 bridgehead atoms. The van der Waals surface area contributed by atoms with Crippen LogP contribution in [-0.4, -0.2) is 7.05 Å². The van der Waals surface area contributed by atoms with Crippen molar-refractivity contribution in [3.8, 4) is 11.8 Å². The van der Waals surface area contributed by atoms with Crippen LogP contribution in [0.3, 0.4) is 0 Å². The summed E-state index contributed by atoms with van der Waals surface area (Å²) in [7, 11) is 1.98. The molecule has 1 N–H and O–H groups in total. The summed E-state index contributed by atoms with van der Waals surface area (Å²) < 4.78 is 2.22. The molecule has 0 fully saturated rings. The molecule has 0 aromatic heterocycles. The number of hydrogen-bond donors (Lipinski definition) is 1.